The number of nitriles is 1. The van der Waals surface area contributed by atoms with Crippen LogP contribution in [0.4, 0.5) is 16.6 Å². The van der Waals surface area contributed by atoms with Crippen molar-refractivity contribution in [2.24, 2.45) is 0 Å². The van der Waals surface area contributed by atoms with Crippen LogP contribution in [-0.2, 0) is 10.0 Å². The lowest BCUT2D eigenvalue weighted by atomic mass is 9.94. The zero-order chi connectivity index (χ0) is 28.8. The maximum atomic E-state index is 13.5. The summed E-state index contributed by atoms with van der Waals surface area (Å²) in [6.07, 6.45) is 0. The van der Waals surface area contributed by atoms with Crippen LogP contribution in [0.1, 0.15) is 51.1 Å². The molecule has 0 aliphatic carbocycles. The third-order valence-corrected chi connectivity index (χ3v) is 9.60. The Hall–Kier alpha value is -4.38. The van der Waals surface area contributed by atoms with E-state index in [0.29, 0.717) is 26.7 Å². The Balaban J connectivity index is 1.54. The summed E-state index contributed by atoms with van der Waals surface area (Å²) in [6.45, 7) is 5.89. The molecule has 0 bridgehead atoms. The van der Waals surface area contributed by atoms with Crippen molar-refractivity contribution >= 4 is 65.3 Å². The highest BCUT2D eigenvalue weighted by Crippen LogP contribution is 2.43. The van der Waals surface area contributed by atoms with E-state index in [1.807, 2.05) is 24.3 Å². The third kappa shape index (κ3) is 4.88. The minimum Gasteiger partial charge on any atom is -0.397 e. The summed E-state index contributed by atoms with van der Waals surface area (Å²) in [4.78, 5) is 18.5. The van der Waals surface area contributed by atoms with Gasteiger partial charge in [-0.3, -0.25) is 9.52 Å². The SMILES string of the molecule is Cc1nnc(NS(=O)(=O)c2ccc(C(=O)c3sc4nc(N)c(C#N)c(-c5ccc(C(C)C)cc5)c4c3N)cc2)s1. The van der Waals surface area contributed by atoms with E-state index in [9.17, 15) is 18.5 Å². The molecule has 5 aromatic rings. The number of aryl methyl sites for hydroxylation is 1. The average molecular weight is 590 g/mol. The van der Waals surface area contributed by atoms with E-state index in [-0.39, 0.29) is 37.5 Å². The first-order valence-electron chi connectivity index (χ1n) is 12.0. The number of hydrogen-bond acceptors (Lipinski definition) is 11. The van der Waals surface area contributed by atoms with Crippen molar-refractivity contribution in [3.63, 3.8) is 0 Å². The van der Waals surface area contributed by atoms with Gasteiger partial charge in [-0.05, 0) is 48.2 Å². The molecule has 0 radical (unpaired) electrons. The number of aromatic nitrogens is 3. The van der Waals surface area contributed by atoms with E-state index >= 15 is 0 Å². The second kappa shape index (κ2) is 10.3. The molecule has 10 nitrogen and oxygen atoms in total. The molecule has 0 unspecified atom stereocenters. The molecule has 3 heterocycles. The molecule has 0 aliphatic heterocycles. The van der Waals surface area contributed by atoms with Crippen LogP contribution in [0.5, 0.6) is 0 Å². The van der Waals surface area contributed by atoms with Crippen LogP contribution in [0.15, 0.2) is 53.4 Å². The molecule has 0 fully saturated rings. The Kier molecular flexibility index (Phi) is 7.01. The Bertz CT molecular complexity index is 1920. The molecular weight excluding hydrogens is 567 g/mol. The number of pyridine rings is 1. The van der Waals surface area contributed by atoms with Crippen LogP contribution in [0.2, 0.25) is 0 Å². The number of ketones is 1. The Morgan fingerprint density at radius 1 is 1.02 bits per heavy atom. The van der Waals surface area contributed by atoms with Crippen molar-refractivity contribution < 1.29 is 13.2 Å². The number of anilines is 3. The normalized spacial score (nSPS) is 11.6. The number of hydrogen-bond donors (Lipinski definition) is 3. The summed E-state index contributed by atoms with van der Waals surface area (Å²) in [7, 11) is -3.92. The molecule has 5 rings (SSSR count). The molecule has 0 saturated carbocycles. The van der Waals surface area contributed by atoms with Crippen LogP contribution in [0.3, 0.4) is 0 Å². The average Bonchev–Trinajstić information content (AvgIpc) is 3.48. The molecule has 5 N–H and O–H groups in total. The van der Waals surface area contributed by atoms with Gasteiger partial charge in [0.25, 0.3) is 10.0 Å². The summed E-state index contributed by atoms with van der Waals surface area (Å²) in [5.41, 5.74) is 15.7. The predicted molar refractivity (Wildman–Crippen MR) is 158 cm³/mol. The molecule has 202 valence electrons. The minimum atomic E-state index is -3.92. The first-order valence-corrected chi connectivity index (χ1v) is 15.1. The summed E-state index contributed by atoms with van der Waals surface area (Å²) in [5.74, 6) is -0.0330. The number of nitrogens with zero attached hydrogens (tertiary/aromatic N) is 4. The van der Waals surface area contributed by atoms with E-state index in [1.54, 1.807) is 6.92 Å². The molecule has 40 heavy (non-hydrogen) atoms. The number of thiophene rings is 1. The highest BCUT2D eigenvalue weighted by molar-refractivity contribution is 7.93. The van der Waals surface area contributed by atoms with E-state index in [2.05, 4.69) is 39.8 Å². The lowest BCUT2D eigenvalue weighted by Crippen LogP contribution is -2.13. The zero-order valence-corrected chi connectivity index (χ0v) is 24.0. The molecule has 0 spiro atoms. The van der Waals surface area contributed by atoms with Crippen LogP contribution in [-0.4, -0.2) is 29.4 Å². The predicted octanol–water partition coefficient (Wildman–Crippen LogP) is 5.31. The number of carbonyl (C=O) groups excluding carboxylic acids is 1. The molecular formula is C27H23N7O3S3. The molecule has 3 aromatic heterocycles. The van der Waals surface area contributed by atoms with E-state index in [0.717, 1.165) is 33.8 Å². The highest BCUT2D eigenvalue weighted by atomic mass is 32.2. The van der Waals surface area contributed by atoms with E-state index in [1.165, 1.54) is 24.3 Å². The van der Waals surface area contributed by atoms with Gasteiger partial charge in [0.05, 0.1) is 10.6 Å². The molecule has 0 amide bonds. The molecule has 2 aromatic carbocycles. The molecule has 13 heteroatoms. The van der Waals surface area contributed by atoms with Gasteiger partial charge in [0, 0.05) is 16.5 Å². The summed E-state index contributed by atoms with van der Waals surface area (Å²) >= 11 is 2.18. The number of nitrogens with two attached hydrogens (primary N) is 2. The number of nitrogens with one attached hydrogen (secondary N) is 1. The Morgan fingerprint density at radius 2 is 1.70 bits per heavy atom. The smallest absolute Gasteiger partial charge is 0.263 e. The van der Waals surface area contributed by atoms with Crippen LogP contribution >= 0.6 is 22.7 Å². The topological polar surface area (TPSA) is 178 Å². The van der Waals surface area contributed by atoms with Crippen molar-refractivity contribution in [3.8, 4) is 17.2 Å². The first kappa shape index (κ1) is 27.2. The molecule has 0 saturated heterocycles. The number of carbonyl (C=O) groups is 1. The monoisotopic (exact) mass is 589 g/mol. The van der Waals surface area contributed by atoms with Crippen molar-refractivity contribution in [2.75, 3.05) is 16.2 Å². The second-order valence-corrected chi connectivity index (χ2v) is 13.1. The number of sulfonamides is 1. The maximum Gasteiger partial charge on any atom is 0.263 e. The van der Waals surface area contributed by atoms with Gasteiger partial charge in [0.15, 0.2) is 0 Å². The largest absolute Gasteiger partial charge is 0.397 e. The number of rotatable bonds is 7. The van der Waals surface area contributed by atoms with Crippen molar-refractivity contribution in [1.29, 1.82) is 5.26 Å². The number of benzene rings is 2. The lowest BCUT2D eigenvalue weighted by Gasteiger charge is -2.11. The lowest BCUT2D eigenvalue weighted by molar-refractivity contribution is 0.104. The van der Waals surface area contributed by atoms with Gasteiger partial charge in [-0.1, -0.05) is 49.4 Å². The standard InChI is InChI=1S/C27H23N7O3S3/c1-13(2)15-4-6-16(7-5-15)20-19(12-28)25(30)31-26-21(20)22(29)24(39-26)23(35)17-8-10-18(11-9-17)40(36,37)34-27-33-32-14(3)38-27/h4-11,13H,29H2,1-3H3,(H2,30,31)(H,33,34). The number of fused-ring (bicyclic) bond motifs is 1. The van der Waals surface area contributed by atoms with Crippen molar-refractivity contribution in [2.45, 2.75) is 31.6 Å². The van der Waals surface area contributed by atoms with Gasteiger partial charge >= 0.3 is 0 Å². The minimum absolute atomic E-state index is 0.0403. The summed E-state index contributed by atoms with van der Waals surface area (Å²) in [6, 6.07) is 15.4. The highest BCUT2D eigenvalue weighted by Gasteiger charge is 2.25. The van der Waals surface area contributed by atoms with Gasteiger partial charge < -0.3 is 11.5 Å². The Labute approximate surface area is 238 Å². The first-order chi connectivity index (χ1) is 19.0. The quantitative estimate of drug-likeness (QED) is 0.212. The van der Waals surface area contributed by atoms with Gasteiger partial charge in [-0.2, -0.15) is 5.26 Å². The summed E-state index contributed by atoms with van der Waals surface area (Å²) < 4.78 is 27.8. The fourth-order valence-electron chi connectivity index (χ4n) is 4.20. The van der Waals surface area contributed by atoms with Gasteiger partial charge in [0.2, 0.25) is 10.9 Å². The summed E-state index contributed by atoms with van der Waals surface area (Å²) in [5, 5.41) is 18.7. The Morgan fingerprint density at radius 3 is 2.27 bits per heavy atom. The van der Waals surface area contributed by atoms with Crippen LogP contribution in [0, 0.1) is 18.3 Å². The third-order valence-electron chi connectivity index (χ3n) is 6.26. The second-order valence-electron chi connectivity index (χ2n) is 9.25. The van der Waals surface area contributed by atoms with Crippen molar-refractivity contribution in [1.82, 2.24) is 15.2 Å². The maximum absolute atomic E-state index is 13.5. The van der Waals surface area contributed by atoms with E-state index < -0.39 is 15.8 Å². The van der Waals surface area contributed by atoms with Crippen LogP contribution in [0.25, 0.3) is 21.3 Å². The van der Waals surface area contributed by atoms with Crippen LogP contribution < -0.4 is 16.2 Å². The fraction of sp³-hybridized carbons (Fsp3) is 0.148. The zero-order valence-electron chi connectivity index (χ0n) is 21.6. The molecule has 0 atom stereocenters. The van der Waals surface area contributed by atoms with E-state index in [4.69, 9.17) is 11.5 Å². The fourth-order valence-corrected chi connectivity index (χ4v) is 7.10. The van der Waals surface area contributed by atoms with Gasteiger partial charge in [0.1, 0.15) is 32.2 Å². The van der Waals surface area contributed by atoms with Gasteiger partial charge in [-0.25, -0.2) is 13.4 Å². The van der Waals surface area contributed by atoms with Gasteiger partial charge in [-0.15, -0.1) is 21.5 Å². The van der Waals surface area contributed by atoms with Crippen molar-refractivity contribution in [3.05, 3.63) is 75.1 Å². The molecule has 0 aliphatic rings. The number of nitrogen functional groups attached to an aromatic ring is 2.